The molecule has 2 aliphatic rings. The summed E-state index contributed by atoms with van der Waals surface area (Å²) in [6.07, 6.45) is 5.57. The number of cyclic esters (lactones) is 2. The van der Waals surface area contributed by atoms with E-state index in [1.165, 1.54) is 0 Å². The van der Waals surface area contributed by atoms with Gasteiger partial charge in [0.15, 0.2) is 0 Å². The van der Waals surface area contributed by atoms with E-state index in [4.69, 9.17) is 4.74 Å². The third-order valence-corrected chi connectivity index (χ3v) is 4.43. The van der Waals surface area contributed by atoms with Crippen LogP contribution in [0.4, 0.5) is 0 Å². The largest absolute Gasteiger partial charge is 0.389 e. The van der Waals surface area contributed by atoms with E-state index in [0.717, 1.165) is 49.7 Å². The average Bonchev–Trinajstić information content (AvgIpc) is 2.43. The molecule has 1 aromatic carbocycles. The first-order valence-corrected chi connectivity index (χ1v) is 7.08. The van der Waals surface area contributed by atoms with Crippen molar-refractivity contribution in [2.75, 3.05) is 0 Å². The highest BCUT2D eigenvalue weighted by atomic mass is 16.6. The van der Waals surface area contributed by atoms with E-state index < -0.39 is 11.4 Å². The van der Waals surface area contributed by atoms with E-state index in [0.29, 0.717) is 5.56 Å². The molecule has 1 aliphatic heterocycles. The maximum Gasteiger partial charge on any atom is 0.346 e. The van der Waals surface area contributed by atoms with Gasteiger partial charge < -0.3 is 4.74 Å². The first-order chi connectivity index (χ1) is 9.19. The van der Waals surface area contributed by atoms with E-state index in [-0.39, 0.29) is 5.97 Å². The molecule has 0 saturated heterocycles. The minimum Gasteiger partial charge on any atom is -0.389 e. The number of unbranched alkanes of at least 4 members (excludes halogenated alkanes) is 1. The molecule has 1 atom stereocenters. The highest BCUT2D eigenvalue weighted by molar-refractivity contribution is 6.06. The van der Waals surface area contributed by atoms with E-state index in [1.807, 2.05) is 12.1 Å². The van der Waals surface area contributed by atoms with Gasteiger partial charge in [0, 0.05) is 0 Å². The van der Waals surface area contributed by atoms with Crippen LogP contribution < -0.4 is 0 Å². The van der Waals surface area contributed by atoms with Crippen LogP contribution >= 0.6 is 0 Å². The molecule has 0 spiro atoms. The summed E-state index contributed by atoms with van der Waals surface area (Å²) in [6.45, 7) is 2.12. The zero-order valence-corrected chi connectivity index (χ0v) is 11.2. The summed E-state index contributed by atoms with van der Waals surface area (Å²) >= 11 is 0. The fourth-order valence-electron chi connectivity index (χ4n) is 3.52. The highest BCUT2D eigenvalue weighted by Gasteiger charge is 2.50. The lowest BCUT2D eigenvalue weighted by molar-refractivity contribution is -0.147. The average molecular weight is 258 g/mol. The molecular weight excluding hydrogens is 240 g/mol. The Kier molecular flexibility index (Phi) is 2.92. The van der Waals surface area contributed by atoms with Crippen LogP contribution in [0.15, 0.2) is 18.2 Å². The Morgan fingerprint density at radius 2 is 2.16 bits per heavy atom. The molecule has 1 heterocycles. The van der Waals surface area contributed by atoms with Crippen molar-refractivity contribution < 1.29 is 14.3 Å². The van der Waals surface area contributed by atoms with Crippen LogP contribution in [0.1, 0.15) is 60.5 Å². The van der Waals surface area contributed by atoms with Gasteiger partial charge in [0.1, 0.15) is 0 Å². The minimum absolute atomic E-state index is 0.328. The molecule has 100 valence electrons. The molecule has 0 amide bonds. The Balaban J connectivity index is 2.20. The summed E-state index contributed by atoms with van der Waals surface area (Å²) < 4.78 is 5.03. The molecule has 3 heteroatoms. The number of esters is 2. The molecule has 0 aromatic heterocycles. The van der Waals surface area contributed by atoms with Crippen LogP contribution in [0, 0.1) is 0 Å². The van der Waals surface area contributed by atoms with Crippen molar-refractivity contribution in [1.29, 1.82) is 0 Å². The number of rotatable bonds is 3. The predicted octanol–water partition coefficient (Wildman–Crippen LogP) is 3.15. The summed E-state index contributed by atoms with van der Waals surface area (Å²) in [7, 11) is 0. The Morgan fingerprint density at radius 3 is 2.95 bits per heavy atom. The number of aryl methyl sites for hydroxylation is 1. The maximum atomic E-state index is 12.4. The summed E-state index contributed by atoms with van der Waals surface area (Å²) in [6, 6.07) is 5.73. The summed E-state index contributed by atoms with van der Waals surface area (Å²) in [5.41, 5.74) is 2.17. The quantitative estimate of drug-likeness (QED) is 0.618. The van der Waals surface area contributed by atoms with E-state index in [2.05, 4.69) is 6.92 Å². The molecule has 0 fully saturated rings. The van der Waals surface area contributed by atoms with Crippen molar-refractivity contribution >= 4 is 11.9 Å². The molecule has 3 rings (SSSR count). The smallest absolute Gasteiger partial charge is 0.346 e. The normalized spacial score (nSPS) is 24.9. The van der Waals surface area contributed by atoms with E-state index in [9.17, 15) is 9.59 Å². The zero-order valence-electron chi connectivity index (χ0n) is 11.2. The van der Waals surface area contributed by atoms with Crippen molar-refractivity contribution in [1.82, 2.24) is 0 Å². The zero-order chi connectivity index (χ0) is 13.5. The standard InChI is InChI=1S/C16H18O3/c1-2-3-9-16-10-5-7-11-6-4-8-12(13(11)16)14(17)19-15(16)18/h4,6,8H,2-3,5,7,9-10H2,1H3. The van der Waals surface area contributed by atoms with E-state index >= 15 is 0 Å². The third kappa shape index (κ3) is 1.71. The third-order valence-electron chi connectivity index (χ3n) is 4.43. The highest BCUT2D eigenvalue weighted by Crippen LogP contribution is 2.46. The second kappa shape index (κ2) is 4.48. The molecule has 19 heavy (non-hydrogen) atoms. The Bertz CT molecular complexity index is 547. The monoisotopic (exact) mass is 258 g/mol. The van der Waals surface area contributed by atoms with Crippen molar-refractivity contribution in [3.8, 4) is 0 Å². The molecule has 0 N–H and O–H groups in total. The number of hydrogen-bond acceptors (Lipinski definition) is 3. The number of benzene rings is 1. The van der Waals surface area contributed by atoms with Gasteiger partial charge in [0.2, 0.25) is 0 Å². The minimum atomic E-state index is -0.561. The van der Waals surface area contributed by atoms with Gasteiger partial charge in [-0.05, 0) is 42.9 Å². The number of carbonyl (C=O) groups excluding carboxylic acids is 2. The van der Waals surface area contributed by atoms with Crippen LogP contribution in [0.25, 0.3) is 0 Å². The molecule has 1 aromatic rings. The predicted molar refractivity (Wildman–Crippen MR) is 71.0 cm³/mol. The molecule has 0 saturated carbocycles. The summed E-state index contributed by atoms with van der Waals surface area (Å²) in [5.74, 6) is -0.804. The van der Waals surface area contributed by atoms with Gasteiger partial charge in [0.25, 0.3) is 0 Å². The maximum absolute atomic E-state index is 12.4. The lowest BCUT2D eigenvalue weighted by atomic mass is 9.65. The Hall–Kier alpha value is -1.64. The number of carbonyl (C=O) groups is 2. The number of hydrogen-bond donors (Lipinski definition) is 0. The molecule has 0 radical (unpaired) electrons. The Labute approximate surface area is 113 Å². The summed E-state index contributed by atoms with van der Waals surface area (Å²) in [4.78, 5) is 24.3. The number of ether oxygens (including phenoxy) is 1. The fourth-order valence-corrected chi connectivity index (χ4v) is 3.52. The van der Waals surface area contributed by atoms with Crippen molar-refractivity contribution in [3.63, 3.8) is 0 Å². The molecule has 0 bridgehead atoms. The van der Waals surface area contributed by atoms with Crippen LogP contribution in [-0.2, 0) is 21.4 Å². The van der Waals surface area contributed by atoms with Gasteiger partial charge in [-0.25, -0.2) is 4.79 Å². The van der Waals surface area contributed by atoms with Gasteiger partial charge in [-0.2, -0.15) is 0 Å². The lowest BCUT2D eigenvalue weighted by Crippen LogP contribution is -2.46. The van der Waals surface area contributed by atoms with Crippen LogP contribution in [0.2, 0.25) is 0 Å². The van der Waals surface area contributed by atoms with Crippen molar-refractivity contribution in [2.24, 2.45) is 0 Å². The van der Waals surface area contributed by atoms with Gasteiger partial charge in [0.05, 0.1) is 11.0 Å². The fraction of sp³-hybridized carbons (Fsp3) is 0.500. The van der Waals surface area contributed by atoms with Gasteiger partial charge in [-0.1, -0.05) is 31.9 Å². The summed E-state index contributed by atoms with van der Waals surface area (Å²) in [5, 5.41) is 0. The SMILES string of the molecule is CCCCC12CCCc3cccc(c31)C(=O)OC2=O. The van der Waals surface area contributed by atoms with Crippen molar-refractivity contribution in [2.45, 2.75) is 50.9 Å². The first kappa shape index (κ1) is 12.4. The molecule has 1 unspecified atom stereocenters. The van der Waals surface area contributed by atoms with Gasteiger partial charge >= 0.3 is 11.9 Å². The topological polar surface area (TPSA) is 43.4 Å². The Morgan fingerprint density at radius 1 is 1.32 bits per heavy atom. The van der Waals surface area contributed by atoms with Crippen LogP contribution in [0.3, 0.4) is 0 Å². The van der Waals surface area contributed by atoms with Crippen LogP contribution in [-0.4, -0.2) is 11.9 Å². The van der Waals surface area contributed by atoms with Gasteiger partial charge in [-0.15, -0.1) is 0 Å². The van der Waals surface area contributed by atoms with Gasteiger partial charge in [-0.3, -0.25) is 4.79 Å². The second-order valence-corrected chi connectivity index (χ2v) is 5.56. The molecular formula is C16H18O3. The van der Waals surface area contributed by atoms with E-state index in [1.54, 1.807) is 6.07 Å². The van der Waals surface area contributed by atoms with Crippen LogP contribution in [0.5, 0.6) is 0 Å². The molecule has 1 aliphatic carbocycles. The lowest BCUT2D eigenvalue weighted by Gasteiger charge is -2.40. The second-order valence-electron chi connectivity index (χ2n) is 5.56. The molecule has 3 nitrogen and oxygen atoms in total. The first-order valence-electron chi connectivity index (χ1n) is 7.08. The van der Waals surface area contributed by atoms with Crippen molar-refractivity contribution in [3.05, 3.63) is 34.9 Å².